The van der Waals surface area contributed by atoms with Crippen molar-refractivity contribution in [1.82, 2.24) is 0 Å². The van der Waals surface area contributed by atoms with Gasteiger partial charge in [0, 0.05) is 16.5 Å². The molecule has 0 heterocycles. The second kappa shape index (κ2) is 13.9. The number of nitrogens with zero attached hydrogens (tertiary/aromatic N) is 2. The number of hydrogen-bond donors (Lipinski definition) is 0. The number of halogens is 1. The summed E-state index contributed by atoms with van der Waals surface area (Å²) in [6.45, 7) is 1.89. The Hall–Kier alpha value is -3.20. The molecule has 0 aliphatic rings. The molecule has 8 nitrogen and oxygen atoms in total. The van der Waals surface area contributed by atoms with Crippen molar-refractivity contribution in [1.29, 1.82) is 0 Å². The fraction of sp³-hybridized carbons (Fsp3) is 0.273. The largest absolute Gasteiger partial charge is 0.464 e. The van der Waals surface area contributed by atoms with Gasteiger partial charge in [0.15, 0.2) is 11.4 Å². The summed E-state index contributed by atoms with van der Waals surface area (Å²) in [4.78, 5) is 32.2. The summed E-state index contributed by atoms with van der Waals surface area (Å²) in [5.74, 6) is -1.03. The molecule has 0 saturated heterocycles. The average Bonchev–Trinajstić information content (AvgIpc) is 2.81. The van der Waals surface area contributed by atoms with Crippen molar-refractivity contribution in [2.75, 3.05) is 28.4 Å². The van der Waals surface area contributed by atoms with E-state index in [1.807, 2.05) is 43.3 Å². The van der Waals surface area contributed by atoms with Gasteiger partial charge in [-0.2, -0.15) is 0 Å². The van der Waals surface area contributed by atoms with Gasteiger partial charge in [0.25, 0.3) is 0 Å². The second-order valence-electron chi connectivity index (χ2n) is 5.83. The highest BCUT2D eigenvalue weighted by Gasteiger charge is 2.18. The molecule has 2 aromatic carbocycles. The quantitative estimate of drug-likeness (QED) is 0.253. The number of alkyl halides is 1. The SMILES string of the molecule is CON=C(C(=O)OC)c1ccccc1C.CON=C(C(=O)OC)c1ccccc1CBr. The van der Waals surface area contributed by atoms with Crippen LogP contribution in [0.1, 0.15) is 22.3 Å². The highest BCUT2D eigenvalue weighted by Crippen LogP contribution is 2.14. The van der Waals surface area contributed by atoms with Crippen molar-refractivity contribution in [2.24, 2.45) is 10.3 Å². The Kier molecular flexibility index (Phi) is 11.6. The zero-order valence-corrected chi connectivity index (χ0v) is 19.6. The summed E-state index contributed by atoms with van der Waals surface area (Å²) in [6.07, 6.45) is 0. The molecule has 0 aromatic heterocycles. The molecule has 31 heavy (non-hydrogen) atoms. The maximum atomic E-state index is 11.5. The molecule has 0 radical (unpaired) electrons. The number of carbonyl (C=O) groups excluding carboxylic acids is 2. The third-order valence-corrected chi connectivity index (χ3v) is 4.54. The fourth-order valence-electron chi connectivity index (χ4n) is 2.48. The Morgan fingerprint density at radius 2 is 1.23 bits per heavy atom. The van der Waals surface area contributed by atoms with Gasteiger partial charge in [-0.05, 0) is 18.1 Å². The molecule has 0 N–H and O–H groups in total. The van der Waals surface area contributed by atoms with Gasteiger partial charge in [-0.25, -0.2) is 9.59 Å². The summed E-state index contributed by atoms with van der Waals surface area (Å²) >= 11 is 3.35. The first kappa shape index (κ1) is 25.8. The average molecular weight is 493 g/mol. The maximum absolute atomic E-state index is 11.5. The summed E-state index contributed by atoms with van der Waals surface area (Å²) in [7, 11) is 5.40. The van der Waals surface area contributed by atoms with E-state index in [4.69, 9.17) is 0 Å². The number of ether oxygens (including phenoxy) is 2. The van der Waals surface area contributed by atoms with Gasteiger partial charge < -0.3 is 19.1 Å². The standard InChI is InChI=1S/C11H12BrNO3.C11H13NO3/c1-15-11(14)10(13-16-2)9-6-4-3-5-8(9)7-12;1-8-6-4-5-7-9(8)10(12-15-3)11(13)14-2/h3-6H,7H2,1-2H3;4-7H,1-3H3. The first-order valence-electron chi connectivity index (χ1n) is 9.04. The van der Waals surface area contributed by atoms with E-state index in [-0.39, 0.29) is 11.4 Å². The van der Waals surface area contributed by atoms with Gasteiger partial charge in [0.05, 0.1) is 14.2 Å². The van der Waals surface area contributed by atoms with E-state index in [9.17, 15) is 9.59 Å². The zero-order chi connectivity index (χ0) is 23.2. The van der Waals surface area contributed by atoms with E-state index in [2.05, 4.69) is 45.4 Å². The fourth-order valence-corrected chi connectivity index (χ4v) is 2.96. The van der Waals surface area contributed by atoms with Crippen molar-refractivity contribution in [3.05, 3.63) is 70.8 Å². The minimum atomic E-state index is -0.518. The van der Waals surface area contributed by atoms with Crippen molar-refractivity contribution in [3.63, 3.8) is 0 Å². The lowest BCUT2D eigenvalue weighted by Gasteiger charge is -2.07. The first-order chi connectivity index (χ1) is 14.9. The highest BCUT2D eigenvalue weighted by atomic mass is 79.9. The minimum Gasteiger partial charge on any atom is -0.464 e. The van der Waals surface area contributed by atoms with Crippen LogP contribution in [0, 0.1) is 6.92 Å². The number of aryl methyl sites for hydroxylation is 1. The second-order valence-corrected chi connectivity index (χ2v) is 6.39. The number of methoxy groups -OCH3 is 2. The topological polar surface area (TPSA) is 95.8 Å². The third-order valence-electron chi connectivity index (χ3n) is 3.94. The molecular weight excluding hydrogens is 468 g/mol. The van der Waals surface area contributed by atoms with Crippen LogP contribution >= 0.6 is 15.9 Å². The Bertz CT molecular complexity index is 943. The van der Waals surface area contributed by atoms with E-state index in [0.29, 0.717) is 16.5 Å². The summed E-state index contributed by atoms with van der Waals surface area (Å²) in [5.41, 5.74) is 3.65. The first-order valence-corrected chi connectivity index (χ1v) is 10.2. The molecule has 0 spiro atoms. The number of oxime groups is 2. The number of rotatable bonds is 7. The van der Waals surface area contributed by atoms with Crippen LogP contribution in [0.15, 0.2) is 58.8 Å². The van der Waals surface area contributed by atoms with Gasteiger partial charge in [-0.15, -0.1) is 0 Å². The number of hydrogen-bond acceptors (Lipinski definition) is 8. The van der Waals surface area contributed by atoms with Crippen molar-refractivity contribution in [3.8, 4) is 0 Å². The Labute approximate surface area is 189 Å². The lowest BCUT2D eigenvalue weighted by molar-refractivity contribution is -0.133. The van der Waals surface area contributed by atoms with Gasteiger partial charge in [-0.3, -0.25) is 0 Å². The monoisotopic (exact) mass is 492 g/mol. The number of carbonyl (C=O) groups is 2. The molecule has 9 heteroatoms. The molecule has 0 fully saturated rings. The van der Waals surface area contributed by atoms with Crippen LogP contribution < -0.4 is 0 Å². The molecule has 2 rings (SSSR count). The number of esters is 2. The Balaban J connectivity index is 0.000000311. The van der Waals surface area contributed by atoms with E-state index in [1.165, 1.54) is 28.4 Å². The summed E-state index contributed by atoms with van der Waals surface area (Å²) in [6, 6.07) is 14.8. The molecule has 0 bridgehead atoms. The molecule has 0 amide bonds. The highest BCUT2D eigenvalue weighted by molar-refractivity contribution is 9.08. The van der Waals surface area contributed by atoms with E-state index >= 15 is 0 Å². The van der Waals surface area contributed by atoms with Crippen LogP contribution in [-0.4, -0.2) is 51.8 Å². The molecular formula is C22H25BrN2O6. The molecule has 166 valence electrons. The van der Waals surface area contributed by atoms with Crippen LogP contribution in [0.25, 0.3) is 0 Å². The Morgan fingerprint density at radius 1 is 0.774 bits per heavy atom. The van der Waals surface area contributed by atoms with Gasteiger partial charge in [0.1, 0.15) is 14.2 Å². The molecule has 0 aliphatic carbocycles. The normalized spacial score (nSPS) is 11.0. The summed E-state index contributed by atoms with van der Waals surface area (Å²) < 4.78 is 9.28. The van der Waals surface area contributed by atoms with Gasteiger partial charge >= 0.3 is 11.9 Å². The van der Waals surface area contributed by atoms with Crippen LogP contribution in [0.4, 0.5) is 0 Å². The van der Waals surface area contributed by atoms with Crippen LogP contribution in [0.2, 0.25) is 0 Å². The smallest absolute Gasteiger partial charge is 0.360 e. The molecule has 0 unspecified atom stereocenters. The van der Waals surface area contributed by atoms with Crippen molar-refractivity contribution in [2.45, 2.75) is 12.3 Å². The van der Waals surface area contributed by atoms with Crippen LogP contribution in [0.3, 0.4) is 0 Å². The lowest BCUT2D eigenvalue weighted by Crippen LogP contribution is -2.19. The van der Waals surface area contributed by atoms with Crippen LogP contribution in [0.5, 0.6) is 0 Å². The Morgan fingerprint density at radius 3 is 1.68 bits per heavy atom. The lowest BCUT2D eigenvalue weighted by atomic mass is 10.0. The molecule has 0 aliphatic heterocycles. The summed E-state index contributed by atoms with van der Waals surface area (Å²) in [5, 5.41) is 7.99. The van der Waals surface area contributed by atoms with Crippen LogP contribution in [-0.2, 0) is 34.1 Å². The molecule has 2 aromatic rings. The van der Waals surface area contributed by atoms with E-state index < -0.39 is 11.9 Å². The van der Waals surface area contributed by atoms with Crippen molar-refractivity contribution < 1.29 is 28.7 Å². The zero-order valence-electron chi connectivity index (χ0n) is 18.0. The maximum Gasteiger partial charge on any atom is 0.360 e. The molecule has 0 atom stereocenters. The predicted molar refractivity (Wildman–Crippen MR) is 121 cm³/mol. The van der Waals surface area contributed by atoms with Gasteiger partial charge in [0.2, 0.25) is 0 Å². The van der Waals surface area contributed by atoms with Gasteiger partial charge in [-0.1, -0.05) is 74.8 Å². The number of benzene rings is 2. The third kappa shape index (κ3) is 7.53. The van der Waals surface area contributed by atoms with Crippen molar-refractivity contribution >= 4 is 39.3 Å². The predicted octanol–water partition coefficient (Wildman–Crippen LogP) is 3.62. The minimum absolute atomic E-state index is 0.167. The van der Waals surface area contributed by atoms with E-state index in [0.717, 1.165) is 11.1 Å². The van der Waals surface area contributed by atoms with E-state index in [1.54, 1.807) is 12.1 Å². The molecule has 0 saturated carbocycles.